The van der Waals surface area contributed by atoms with Crippen molar-refractivity contribution < 1.29 is 9.90 Å². The van der Waals surface area contributed by atoms with Gasteiger partial charge in [-0.2, -0.15) is 5.10 Å². The summed E-state index contributed by atoms with van der Waals surface area (Å²) in [6, 6.07) is 1.58. The molecular weight excluding hydrogens is 158 g/mol. The lowest BCUT2D eigenvalue weighted by Gasteiger charge is -2.04. The van der Waals surface area contributed by atoms with Crippen molar-refractivity contribution in [1.29, 1.82) is 0 Å². The Bertz CT molecular complexity index is 327. The number of carboxylic acids is 1. The summed E-state index contributed by atoms with van der Waals surface area (Å²) in [5.41, 5.74) is 5.27. The van der Waals surface area contributed by atoms with E-state index in [9.17, 15) is 4.79 Å². The molecule has 0 spiro atoms. The van der Waals surface area contributed by atoms with Crippen molar-refractivity contribution >= 4 is 11.8 Å². The molecule has 1 fully saturated rings. The predicted octanol–water partition coefficient (Wildman–Crippen LogP) is 0.108. The molecule has 0 atom stereocenters. The lowest BCUT2D eigenvalue weighted by Crippen LogP contribution is -2.19. The summed E-state index contributed by atoms with van der Waals surface area (Å²) in [4.78, 5) is 10.8. The van der Waals surface area contributed by atoms with E-state index in [-0.39, 0.29) is 0 Å². The smallest absolute Gasteiger partial charge is 0.315 e. The van der Waals surface area contributed by atoms with Gasteiger partial charge in [0.1, 0.15) is 11.2 Å². The van der Waals surface area contributed by atoms with E-state index in [0.717, 1.165) is 0 Å². The van der Waals surface area contributed by atoms with Crippen molar-refractivity contribution in [3.8, 4) is 0 Å². The first-order chi connectivity index (χ1) is 5.65. The molecule has 0 amide bonds. The molecule has 0 aromatic carbocycles. The van der Waals surface area contributed by atoms with Crippen LogP contribution in [0.1, 0.15) is 18.5 Å². The fraction of sp³-hybridized carbons (Fsp3) is 0.429. The molecule has 1 heterocycles. The predicted molar refractivity (Wildman–Crippen MR) is 41.5 cm³/mol. The van der Waals surface area contributed by atoms with E-state index in [1.807, 2.05) is 0 Å². The minimum atomic E-state index is -0.800. The highest BCUT2D eigenvalue weighted by atomic mass is 16.4. The number of nitrogens with zero attached hydrogens (tertiary/aromatic N) is 1. The molecule has 5 nitrogen and oxygen atoms in total. The van der Waals surface area contributed by atoms with Gasteiger partial charge >= 0.3 is 5.97 Å². The van der Waals surface area contributed by atoms with Gasteiger partial charge in [0.25, 0.3) is 0 Å². The quantitative estimate of drug-likeness (QED) is 0.582. The number of aliphatic carboxylic acids is 1. The number of aromatic nitrogens is 2. The topological polar surface area (TPSA) is 92.0 Å². The van der Waals surface area contributed by atoms with Crippen molar-refractivity contribution in [1.82, 2.24) is 10.2 Å². The van der Waals surface area contributed by atoms with E-state index < -0.39 is 11.4 Å². The number of rotatable bonds is 2. The monoisotopic (exact) mass is 167 g/mol. The first kappa shape index (κ1) is 7.15. The number of H-pyrrole nitrogens is 1. The van der Waals surface area contributed by atoms with Gasteiger partial charge in [0, 0.05) is 6.07 Å². The van der Waals surface area contributed by atoms with E-state index in [1.54, 1.807) is 6.07 Å². The van der Waals surface area contributed by atoms with Crippen LogP contribution >= 0.6 is 0 Å². The molecule has 64 valence electrons. The third kappa shape index (κ3) is 0.792. The number of aromatic amines is 1. The van der Waals surface area contributed by atoms with Gasteiger partial charge < -0.3 is 10.8 Å². The van der Waals surface area contributed by atoms with Crippen molar-refractivity contribution in [2.75, 3.05) is 5.73 Å². The Morgan fingerprint density at radius 2 is 2.42 bits per heavy atom. The van der Waals surface area contributed by atoms with Crippen LogP contribution in [0.3, 0.4) is 0 Å². The van der Waals surface area contributed by atoms with Gasteiger partial charge in [0.15, 0.2) is 0 Å². The minimum Gasteiger partial charge on any atom is -0.481 e. The molecule has 0 radical (unpaired) electrons. The second kappa shape index (κ2) is 2.00. The Balaban J connectivity index is 2.36. The number of anilines is 1. The third-order valence-corrected chi connectivity index (χ3v) is 2.27. The fourth-order valence-electron chi connectivity index (χ4n) is 1.31. The molecule has 5 heteroatoms. The van der Waals surface area contributed by atoms with Gasteiger partial charge in [-0.05, 0) is 12.8 Å². The zero-order chi connectivity index (χ0) is 8.77. The maximum absolute atomic E-state index is 10.8. The van der Waals surface area contributed by atoms with E-state index in [1.165, 1.54) is 0 Å². The van der Waals surface area contributed by atoms with Crippen molar-refractivity contribution in [2.24, 2.45) is 0 Å². The molecule has 1 aliphatic carbocycles. The summed E-state index contributed by atoms with van der Waals surface area (Å²) < 4.78 is 0. The van der Waals surface area contributed by atoms with E-state index in [4.69, 9.17) is 10.8 Å². The highest BCUT2D eigenvalue weighted by molar-refractivity contribution is 5.84. The van der Waals surface area contributed by atoms with Crippen LogP contribution in [0.5, 0.6) is 0 Å². The van der Waals surface area contributed by atoms with Crippen molar-refractivity contribution in [3.05, 3.63) is 11.8 Å². The molecule has 1 saturated carbocycles. The summed E-state index contributed by atoms with van der Waals surface area (Å²) in [7, 11) is 0. The molecule has 12 heavy (non-hydrogen) atoms. The molecule has 4 N–H and O–H groups in total. The summed E-state index contributed by atoms with van der Waals surface area (Å²) in [5.74, 6) is -0.455. The van der Waals surface area contributed by atoms with Crippen molar-refractivity contribution in [3.63, 3.8) is 0 Å². The minimum absolute atomic E-state index is 0.345. The molecule has 2 rings (SSSR count). The molecule has 0 aliphatic heterocycles. The molecule has 0 unspecified atom stereocenters. The summed E-state index contributed by atoms with van der Waals surface area (Å²) in [5, 5.41) is 15.2. The fourth-order valence-corrected chi connectivity index (χ4v) is 1.31. The van der Waals surface area contributed by atoms with Crippen LogP contribution in [0.15, 0.2) is 6.07 Å². The first-order valence-corrected chi connectivity index (χ1v) is 3.70. The normalized spacial score (nSPS) is 19.0. The number of carboxylic acid groups (broad SMARTS) is 1. The van der Waals surface area contributed by atoms with E-state index >= 15 is 0 Å². The van der Waals surface area contributed by atoms with Gasteiger partial charge in [-0.1, -0.05) is 0 Å². The van der Waals surface area contributed by atoms with Crippen LogP contribution in [-0.2, 0) is 10.2 Å². The first-order valence-electron chi connectivity index (χ1n) is 3.70. The van der Waals surface area contributed by atoms with Crippen LogP contribution in [-0.4, -0.2) is 21.3 Å². The molecule has 1 aromatic heterocycles. The lowest BCUT2D eigenvalue weighted by molar-refractivity contribution is -0.140. The summed E-state index contributed by atoms with van der Waals surface area (Å²) in [6.45, 7) is 0. The summed E-state index contributed by atoms with van der Waals surface area (Å²) in [6.07, 6.45) is 1.34. The van der Waals surface area contributed by atoms with Gasteiger partial charge in [-0.3, -0.25) is 9.89 Å². The molecule has 0 saturated heterocycles. The average molecular weight is 167 g/mol. The van der Waals surface area contributed by atoms with E-state index in [2.05, 4.69) is 10.2 Å². The largest absolute Gasteiger partial charge is 0.481 e. The number of carbonyl (C=O) groups is 1. The number of nitrogens with two attached hydrogens (primary N) is 1. The average Bonchev–Trinajstić information content (AvgIpc) is 2.71. The summed E-state index contributed by atoms with van der Waals surface area (Å²) >= 11 is 0. The molecule has 1 aliphatic rings. The second-order valence-corrected chi connectivity index (χ2v) is 3.09. The molecule has 0 bridgehead atoms. The van der Waals surface area contributed by atoms with Gasteiger partial charge in [-0.15, -0.1) is 0 Å². The van der Waals surface area contributed by atoms with Gasteiger partial charge in [0.2, 0.25) is 0 Å². The highest BCUT2D eigenvalue weighted by Crippen LogP contribution is 2.47. The van der Waals surface area contributed by atoms with Crippen LogP contribution < -0.4 is 5.73 Å². The molecule has 1 aromatic rings. The Kier molecular flexibility index (Phi) is 1.19. The standard InChI is InChI=1S/C7H9N3O2/c8-5-3-4(9-10-5)7(1-2-7)6(11)12/h3H,1-2H2,(H,11,12)(H3,8,9,10). The number of nitrogen functional groups attached to an aromatic ring is 1. The van der Waals surface area contributed by atoms with Crippen LogP contribution in [0.25, 0.3) is 0 Å². The van der Waals surface area contributed by atoms with Gasteiger partial charge in [0.05, 0.1) is 5.69 Å². The lowest BCUT2D eigenvalue weighted by atomic mass is 10.0. The number of hydrogen-bond donors (Lipinski definition) is 3. The maximum Gasteiger partial charge on any atom is 0.315 e. The second-order valence-electron chi connectivity index (χ2n) is 3.09. The molecular formula is C7H9N3O2. The van der Waals surface area contributed by atoms with Crippen LogP contribution in [0.4, 0.5) is 5.82 Å². The maximum atomic E-state index is 10.8. The third-order valence-electron chi connectivity index (χ3n) is 2.27. The van der Waals surface area contributed by atoms with E-state index in [0.29, 0.717) is 24.4 Å². The van der Waals surface area contributed by atoms with Crippen LogP contribution in [0.2, 0.25) is 0 Å². The SMILES string of the molecule is Nc1cc(C2(C(=O)O)CC2)[nH]n1. The Morgan fingerprint density at radius 3 is 2.75 bits per heavy atom. The zero-order valence-corrected chi connectivity index (χ0v) is 6.37. The Morgan fingerprint density at radius 1 is 1.75 bits per heavy atom. The number of hydrogen-bond acceptors (Lipinski definition) is 3. The highest BCUT2D eigenvalue weighted by Gasteiger charge is 2.53. The Hall–Kier alpha value is -1.52. The zero-order valence-electron chi connectivity index (χ0n) is 6.37. The van der Waals surface area contributed by atoms with Crippen LogP contribution in [0, 0.1) is 0 Å². The van der Waals surface area contributed by atoms with Gasteiger partial charge in [-0.25, -0.2) is 0 Å². The number of nitrogens with one attached hydrogen (secondary N) is 1. The Labute approximate surface area is 68.6 Å². The van der Waals surface area contributed by atoms with Crippen molar-refractivity contribution in [2.45, 2.75) is 18.3 Å².